The van der Waals surface area contributed by atoms with Crippen LogP contribution < -0.4 is 5.76 Å². The molecular weight excluding hydrogens is 186 g/mol. The van der Waals surface area contributed by atoms with Gasteiger partial charge in [-0.05, 0) is 18.2 Å². The molecule has 0 saturated heterocycles. The number of oxazole rings is 1. The lowest BCUT2D eigenvalue weighted by Crippen LogP contribution is -2.00. The summed E-state index contributed by atoms with van der Waals surface area (Å²) in [4.78, 5) is 24.4. The maximum atomic E-state index is 11.1. The second-order valence-corrected chi connectivity index (χ2v) is 2.72. The SMILES string of the molecule is COC(=O)c1ccc2oc(=O)[nH]c2c1. The van der Waals surface area contributed by atoms with Crippen LogP contribution in [0.3, 0.4) is 0 Å². The van der Waals surface area contributed by atoms with Crippen molar-refractivity contribution in [3.05, 3.63) is 34.3 Å². The average molecular weight is 193 g/mol. The molecule has 0 atom stereocenters. The predicted octanol–water partition coefficient (Wildman–Crippen LogP) is 0.908. The van der Waals surface area contributed by atoms with Gasteiger partial charge in [-0.25, -0.2) is 9.59 Å². The van der Waals surface area contributed by atoms with E-state index in [1.165, 1.54) is 19.2 Å². The van der Waals surface area contributed by atoms with Gasteiger partial charge in [0.2, 0.25) is 0 Å². The van der Waals surface area contributed by atoms with E-state index in [2.05, 4.69) is 9.72 Å². The molecule has 72 valence electrons. The molecule has 0 unspecified atom stereocenters. The molecule has 2 aromatic rings. The van der Waals surface area contributed by atoms with Gasteiger partial charge in [0.05, 0.1) is 18.2 Å². The van der Waals surface area contributed by atoms with E-state index in [0.29, 0.717) is 16.7 Å². The van der Waals surface area contributed by atoms with Crippen LogP contribution in [0.5, 0.6) is 0 Å². The van der Waals surface area contributed by atoms with Gasteiger partial charge in [0.1, 0.15) is 0 Å². The molecule has 2 rings (SSSR count). The first-order chi connectivity index (χ1) is 6.70. The Labute approximate surface area is 78.3 Å². The Morgan fingerprint density at radius 3 is 3.00 bits per heavy atom. The van der Waals surface area contributed by atoms with Gasteiger partial charge < -0.3 is 9.15 Å². The van der Waals surface area contributed by atoms with Crippen molar-refractivity contribution in [2.75, 3.05) is 7.11 Å². The minimum absolute atomic E-state index is 0.372. The van der Waals surface area contributed by atoms with E-state index >= 15 is 0 Å². The van der Waals surface area contributed by atoms with Crippen LogP contribution in [0.2, 0.25) is 0 Å². The van der Waals surface area contributed by atoms with E-state index in [-0.39, 0.29) is 0 Å². The van der Waals surface area contributed by atoms with Gasteiger partial charge in [0.25, 0.3) is 0 Å². The zero-order valence-corrected chi connectivity index (χ0v) is 7.37. The number of H-pyrrole nitrogens is 1. The molecule has 1 aromatic carbocycles. The molecule has 5 heteroatoms. The Morgan fingerprint density at radius 1 is 1.50 bits per heavy atom. The van der Waals surface area contributed by atoms with Crippen LogP contribution in [-0.4, -0.2) is 18.1 Å². The fraction of sp³-hybridized carbons (Fsp3) is 0.111. The van der Waals surface area contributed by atoms with Crippen molar-refractivity contribution in [3.8, 4) is 0 Å². The Morgan fingerprint density at radius 2 is 2.29 bits per heavy atom. The molecule has 1 aromatic heterocycles. The average Bonchev–Trinajstić information content (AvgIpc) is 2.55. The number of hydrogen-bond acceptors (Lipinski definition) is 4. The van der Waals surface area contributed by atoms with Gasteiger partial charge >= 0.3 is 11.7 Å². The van der Waals surface area contributed by atoms with Crippen molar-refractivity contribution in [2.24, 2.45) is 0 Å². The number of nitrogens with one attached hydrogen (secondary N) is 1. The van der Waals surface area contributed by atoms with Crippen LogP contribution in [0, 0.1) is 0 Å². The standard InChI is InChI=1S/C9H7NO4/c1-13-8(11)5-2-3-7-6(4-5)10-9(12)14-7/h2-4H,1H3,(H,10,12). The highest BCUT2D eigenvalue weighted by molar-refractivity contribution is 5.93. The minimum atomic E-state index is -0.540. The van der Waals surface area contributed by atoms with Crippen LogP contribution in [0.1, 0.15) is 10.4 Å². The first-order valence-corrected chi connectivity index (χ1v) is 3.92. The summed E-state index contributed by atoms with van der Waals surface area (Å²) in [5, 5.41) is 0. The quantitative estimate of drug-likeness (QED) is 0.683. The third kappa shape index (κ3) is 1.28. The van der Waals surface area contributed by atoms with Crippen molar-refractivity contribution in [3.63, 3.8) is 0 Å². The number of carbonyl (C=O) groups excluding carboxylic acids is 1. The lowest BCUT2D eigenvalue weighted by molar-refractivity contribution is 0.0601. The van der Waals surface area contributed by atoms with Crippen molar-refractivity contribution in [2.45, 2.75) is 0 Å². The fourth-order valence-corrected chi connectivity index (χ4v) is 1.20. The van der Waals surface area contributed by atoms with Crippen LogP contribution in [-0.2, 0) is 4.74 Å². The van der Waals surface area contributed by atoms with Crippen LogP contribution in [0.25, 0.3) is 11.1 Å². The smallest absolute Gasteiger partial charge is 0.417 e. The van der Waals surface area contributed by atoms with E-state index in [9.17, 15) is 9.59 Å². The number of benzene rings is 1. The second-order valence-electron chi connectivity index (χ2n) is 2.72. The number of carbonyl (C=O) groups is 1. The molecule has 5 nitrogen and oxygen atoms in total. The number of fused-ring (bicyclic) bond motifs is 1. The first kappa shape index (κ1) is 8.55. The number of esters is 1. The summed E-state index contributed by atoms with van der Waals surface area (Å²) in [5.74, 6) is -0.990. The monoisotopic (exact) mass is 193 g/mol. The van der Waals surface area contributed by atoms with Gasteiger partial charge in [0, 0.05) is 0 Å². The second kappa shape index (κ2) is 3.02. The summed E-state index contributed by atoms with van der Waals surface area (Å²) >= 11 is 0. The molecule has 1 N–H and O–H groups in total. The summed E-state index contributed by atoms with van der Waals surface area (Å²) in [6.07, 6.45) is 0. The lowest BCUT2D eigenvalue weighted by atomic mass is 10.2. The number of methoxy groups -OCH3 is 1. The Bertz CT molecular complexity index is 537. The number of hydrogen-bond donors (Lipinski definition) is 1. The third-order valence-electron chi connectivity index (χ3n) is 1.84. The van der Waals surface area contributed by atoms with E-state index in [1.807, 2.05) is 0 Å². The summed E-state index contributed by atoms with van der Waals surface area (Å²) < 4.78 is 9.30. The topological polar surface area (TPSA) is 72.3 Å². The van der Waals surface area contributed by atoms with Gasteiger partial charge in [-0.2, -0.15) is 0 Å². The Balaban J connectivity index is 2.61. The highest BCUT2D eigenvalue weighted by atomic mass is 16.5. The molecule has 14 heavy (non-hydrogen) atoms. The number of aromatic amines is 1. The van der Waals surface area contributed by atoms with E-state index in [1.54, 1.807) is 6.07 Å². The molecule has 0 fully saturated rings. The minimum Gasteiger partial charge on any atom is -0.465 e. The molecular formula is C9H7NO4. The van der Waals surface area contributed by atoms with Gasteiger partial charge in [-0.1, -0.05) is 0 Å². The number of ether oxygens (including phenoxy) is 1. The van der Waals surface area contributed by atoms with Crippen molar-refractivity contribution >= 4 is 17.1 Å². The number of rotatable bonds is 1. The molecule has 1 heterocycles. The molecule has 0 saturated carbocycles. The zero-order valence-electron chi connectivity index (χ0n) is 7.37. The van der Waals surface area contributed by atoms with E-state index in [0.717, 1.165) is 0 Å². The maximum absolute atomic E-state index is 11.1. The molecule has 0 bridgehead atoms. The van der Waals surface area contributed by atoms with Crippen LogP contribution in [0.4, 0.5) is 0 Å². The highest BCUT2D eigenvalue weighted by Gasteiger charge is 2.07. The van der Waals surface area contributed by atoms with E-state index < -0.39 is 11.7 Å². The Kier molecular flexibility index (Phi) is 1.85. The fourth-order valence-electron chi connectivity index (χ4n) is 1.20. The van der Waals surface area contributed by atoms with Gasteiger partial charge in [-0.15, -0.1) is 0 Å². The third-order valence-corrected chi connectivity index (χ3v) is 1.84. The van der Waals surface area contributed by atoms with Gasteiger partial charge in [0.15, 0.2) is 5.58 Å². The molecule has 0 radical (unpaired) electrons. The number of aromatic nitrogens is 1. The normalized spacial score (nSPS) is 10.4. The molecule has 0 aliphatic carbocycles. The molecule has 0 aliphatic rings. The predicted molar refractivity (Wildman–Crippen MR) is 48.2 cm³/mol. The van der Waals surface area contributed by atoms with Crippen molar-refractivity contribution in [1.29, 1.82) is 0 Å². The Hall–Kier alpha value is -2.04. The van der Waals surface area contributed by atoms with Gasteiger partial charge in [-0.3, -0.25) is 4.98 Å². The summed E-state index contributed by atoms with van der Waals surface area (Å²) in [5.41, 5.74) is 1.28. The summed E-state index contributed by atoms with van der Waals surface area (Å²) in [6.45, 7) is 0. The van der Waals surface area contributed by atoms with Crippen LogP contribution in [0.15, 0.2) is 27.4 Å². The zero-order chi connectivity index (χ0) is 10.1. The van der Waals surface area contributed by atoms with Crippen molar-refractivity contribution in [1.82, 2.24) is 4.98 Å². The highest BCUT2D eigenvalue weighted by Crippen LogP contribution is 2.12. The summed E-state index contributed by atoms with van der Waals surface area (Å²) in [6, 6.07) is 4.58. The maximum Gasteiger partial charge on any atom is 0.417 e. The molecule has 0 spiro atoms. The lowest BCUT2D eigenvalue weighted by Gasteiger charge is -1.96. The molecule has 0 amide bonds. The van der Waals surface area contributed by atoms with E-state index in [4.69, 9.17) is 4.42 Å². The first-order valence-electron chi connectivity index (χ1n) is 3.92. The molecule has 0 aliphatic heterocycles. The largest absolute Gasteiger partial charge is 0.465 e. The van der Waals surface area contributed by atoms with Crippen molar-refractivity contribution < 1.29 is 13.9 Å². The van der Waals surface area contributed by atoms with Crippen LogP contribution >= 0.6 is 0 Å². The summed E-state index contributed by atoms with van der Waals surface area (Å²) in [7, 11) is 1.30.